The molecule has 0 radical (unpaired) electrons. The first-order chi connectivity index (χ1) is 10.2. The van der Waals surface area contributed by atoms with Crippen LogP contribution in [0, 0.1) is 0 Å². The van der Waals surface area contributed by atoms with E-state index in [1.165, 1.54) is 23.3 Å². The van der Waals surface area contributed by atoms with E-state index in [0.717, 1.165) is 23.4 Å². The summed E-state index contributed by atoms with van der Waals surface area (Å²) in [4.78, 5) is 18.5. The molecule has 0 aromatic carbocycles. The first kappa shape index (κ1) is 13.9. The zero-order valence-electron chi connectivity index (χ0n) is 11.9. The number of hydrogen-bond acceptors (Lipinski definition) is 4. The van der Waals surface area contributed by atoms with Gasteiger partial charge >= 0.3 is 0 Å². The molecule has 0 unspecified atom stereocenters. The fourth-order valence-electron chi connectivity index (χ4n) is 2.43. The molecule has 0 fully saturated rings. The normalized spacial score (nSPS) is 14.6. The van der Waals surface area contributed by atoms with E-state index in [4.69, 9.17) is 0 Å². The van der Waals surface area contributed by atoms with Crippen molar-refractivity contribution in [2.75, 3.05) is 0 Å². The summed E-state index contributed by atoms with van der Waals surface area (Å²) >= 11 is 1.59. The summed E-state index contributed by atoms with van der Waals surface area (Å²) in [6, 6.07) is 7.64. The number of pyridine rings is 1. The van der Waals surface area contributed by atoms with Gasteiger partial charge in [0.05, 0.1) is 16.3 Å². The van der Waals surface area contributed by atoms with Crippen LogP contribution in [0.1, 0.15) is 45.6 Å². The summed E-state index contributed by atoms with van der Waals surface area (Å²) in [5, 5.41) is 4.14. The van der Waals surface area contributed by atoms with Gasteiger partial charge in [0.25, 0.3) is 5.91 Å². The SMILES string of the molecule is CC(=NNC(=O)c1cc2c(s1)CCCC2)c1ccccn1. The second-order valence-electron chi connectivity index (χ2n) is 5.12. The van der Waals surface area contributed by atoms with Crippen LogP contribution in [0.2, 0.25) is 0 Å². The quantitative estimate of drug-likeness (QED) is 0.699. The number of carbonyl (C=O) groups is 1. The number of carbonyl (C=O) groups excluding carboxylic acids is 1. The van der Waals surface area contributed by atoms with Crippen LogP contribution < -0.4 is 5.43 Å². The Morgan fingerprint density at radius 2 is 2.19 bits per heavy atom. The van der Waals surface area contributed by atoms with Gasteiger partial charge in [-0.1, -0.05) is 6.07 Å². The summed E-state index contributed by atoms with van der Waals surface area (Å²) < 4.78 is 0. The number of nitrogens with one attached hydrogen (secondary N) is 1. The van der Waals surface area contributed by atoms with E-state index >= 15 is 0 Å². The Bertz CT molecular complexity index is 653. The largest absolute Gasteiger partial charge is 0.281 e. The molecule has 0 saturated heterocycles. The fraction of sp³-hybridized carbons (Fsp3) is 0.312. The van der Waals surface area contributed by atoms with Gasteiger partial charge in [-0.25, -0.2) is 5.43 Å². The maximum Gasteiger partial charge on any atom is 0.281 e. The van der Waals surface area contributed by atoms with E-state index in [-0.39, 0.29) is 5.91 Å². The van der Waals surface area contributed by atoms with Gasteiger partial charge in [-0.2, -0.15) is 5.10 Å². The number of amides is 1. The molecule has 3 rings (SSSR count). The minimum atomic E-state index is -0.135. The van der Waals surface area contributed by atoms with Crippen molar-refractivity contribution in [1.82, 2.24) is 10.4 Å². The van der Waals surface area contributed by atoms with Gasteiger partial charge < -0.3 is 0 Å². The lowest BCUT2D eigenvalue weighted by Gasteiger charge is -2.08. The number of nitrogens with zero attached hydrogens (tertiary/aromatic N) is 2. The zero-order chi connectivity index (χ0) is 14.7. The minimum absolute atomic E-state index is 0.135. The van der Waals surface area contributed by atoms with Crippen molar-refractivity contribution in [2.24, 2.45) is 5.10 Å². The number of aryl methyl sites for hydroxylation is 2. The van der Waals surface area contributed by atoms with Crippen molar-refractivity contribution >= 4 is 23.0 Å². The van der Waals surface area contributed by atoms with Gasteiger partial charge in [0.15, 0.2) is 0 Å². The fourth-order valence-corrected chi connectivity index (χ4v) is 3.57. The molecule has 21 heavy (non-hydrogen) atoms. The second kappa shape index (κ2) is 6.18. The maximum absolute atomic E-state index is 12.2. The van der Waals surface area contributed by atoms with Crippen molar-refractivity contribution in [3.63, 3.8) is 0 Å². The third-order valence-corrected chi connectivity index (χ3v) is 4.82. The predicted octanol–water partition coefficient (Wildman–Crippen LogP) is 3.18. The van der Waals surface area contributed by atoms with Crippen LogP contribution in [0.15, 0.2) is 35.6 Å². The van der Waals surface area contributed by atoms with Gasteiger partial charge in [-0.15, -0.1) is 11.3 Å². The molecule has 0 spiro atoms. The molecule has 0 saturated carbocycles. The summed E-state index contributed by atoms with van der Waals surface area (Å²) in [6.45, 7) is 1.84. The molecule has 1 amide bonds. The molecule has 2 heterocycles. The molecule has 0 atom stereocenters. The van der Waals surface area contributed by atoms with Crippen molar-refractivity contribution < 1.29 is 4.79 Å². The molecule has 0 bridgehead atoms. The van der Waals surface area contributed by atoms with Crippen molar-refractivity contribution in [3.05, 3.63) is 51.5 Å². The number of aromatic nitrogens is 1. The number of rotatable bonds is 3. The lowest BCUT2D eigenvalue weighted by Crippen LogP contribution is -2.18. The number of hydrogen-bond donors (Lipinski definition) is 1. The third-order valence-electron chi connectivity index (χ3n) is 3.58. The van der Waals surface area contributed by atoms with E-state index < -0.39 is 0 Å². The molecule has 1 aliphatic rings. The Balaban J connectivity index is 1.70. The molecule has 0 aliphatic heterocycles. The summed E-state index contributed by atoms with van der Waals surface area (Å²) in [7, 11) is 0. The summed E-state index contributed by atoms with van der Waals surface area (Å²) in [5.74, 6) is -0.135. The topological polar surface area (TPSA) is 54.4 Å². The summed E-state index contributed by atoms with van der Waals surface area (Å²) in [5.41, 5.74) is 5.43. The Morgan fingerprint density at radius 3 is 2.95 bits per heavy atom. The molecule has 4 nitrogen and oxygen atoms in total. The first-order valence-corrected chi connectivity index (χ1v) is 7.93. The number of thiophene rings is 1. The smallest absolute Gasteiger partial charge is 0.266 e. The lowest BCUT2D eigenvalue weighted by atomic mass is 9.99. The highest BCUT2D eigenvalue weighted by molar-refractivity contribution is 7.14. The molecule has 5 heteroatoms. The van der Waals surface area contributed by atoms with E-state index in [1.807, 2.05) is 31.2 Å². The maximum atomic E-state index is 12.2. The van der Waals surface area contributed by atoms with Gasteiger partial charge in [-0.3, -0.25) is 9.78 Å². The predicted molar refractivity (Wildman–Crippen MR) is 84.9 cm³/mol. The van der Waals surface area contributed by atoms with Crippen LogP contribution >= 0.6 is 11.3 Å². The minimum Gasteiger partial charge on any atom is -0.266 e. The van der Waals surface area contributed by atoms with E-state index in [1.54, 1.807) is 17.5 Å². The average molecular weight is 299 g/mol. The highest BCUT2D eigenvalue weighted by atomic mass is 32.1. The number of hydrazone groups is 1. The van der Waals surface area contributed by atoms with Gasteiger partial charge in [0.1, 0.15) is 0 Å². The molecule has 2 aromatic heterocycles. The monoisotopic (exact) mass is 299 g/mol. The van der Waals surface area contributed by atoms with E-state index in [9.17, 15) is 4.79 Å². The Hall–Kier alpha value is -2.01. The van der Waals surface area contributed by atoms with Crippen LogP contribution in [0.3, 0.4) is 0 Å². The molecular formula is C16H17N3OS. The van der Waals surface area contributed by atoms with Crippen molar-refractivity contribution in [1.29, 1.82) is 0 Å². The molecule has 1 N–H and O–H groups in total. The number of fused-ring (bicyclic) bond motifs is 1. The lowest BCUT2D eigenvalue weighted by molar-refractivity contribution is 0.0959. The van der Waals surface area contributed by atoms with Crippen LogP contribution in [0.5, 0.6) is 0 Å². The van der Waals surface area contributed by atoms with Crippen LogP contribution in [0.4, 0.5) is 0 Å². The first-order valence-electron chi connectivity index (χ1n) is 7.11. The van der Waals surface area contributed by atoms with Crippen LogP contribution in [-0.4, -0.2) is 16.6 Å². The standard InChI is InChI=1S/C16H17N3OS/c1-11(13-7-4-5-9-17-13)18-19-16(20)15-10-12-6-2-3-8-14(12)21-15/h4-5,7,9-10H,2-3,6,8H2,1H3,(H,19,20). The Morgan fingerprint density at radius 1 is 1.33 bits per heavy atom. The second-order valence-corrected chi connectivity index (χ2v) is 6.26. The third kappa shape index (κ3) is 3.19. The highest BCUT2D eigenvalue weighted by Crippen LogP contribution is 2.29. The van der Waals surface area contributed by atoms with Crippen LogP contribution in [0.25, 0.3) is 0 Å². The van der Waals surface area contributed by atoms with Gasteiger partial charge in [0, 0.05) is 11.1 Å². The van der Waals surface area contributed by atoms with Gasteiger partial charge in [-0.05, 0) is 56.4 Å². The molecule has 2 aromatic rings. The van der Waals surface area contributed by atoms with Crippen molar-refractivity contribution in [3.8, 4) is 0 Å². The molecule has 108 valence electrons. The summed E-state index contributed by atoms with van der Waals surface area (Å²) in [6.07, 6.45) is 6.36. The van der Waals surface area contributed by atoms with E-state index in [0.29, 0.717) is 5.71 Å². The van der Waals surface area contributed by atoms with Gasteiger partial charge in [0.2, 0.25) is 0 Å². The average Bonchev–Trinajstić information content (AvgIpc) is 2.97. The Kier molecular flexibility index (Phi) is 4.10. The van der Waals surface area contributed by atoms with Crippen molar-refractivity contribution in [2.45, 2.75) is 32.6 Å². The highest BCUT2D eigenvalue weighted by Gasteiger charge is 2.17. The molecular weight excluding hydrogens is 282 g/mol. The molecule has 1 aliphatic carbocycles. The van der Waals surface area contributed by atoms with Crippen LogP contribution in [-0.2, 0) is 12.8 Å². The Labute approximate surface area is 127 Å². The van der Waals surface area contributed by atoms with E-state index in [2.05, 4.69) is 15.5 Å². The zero-order valence-corrected chi connectivity index (χ0v) is 12.7.